The van der Waals surface area contributed by atoms with Crippen LogP contribution in [0.2, 0.25) is 10.0 Å². The fourth-order valence-corrected chi connectivity index (χ4v) is 2.87. The highest BCUT2D eigenvalue weighted by atomic mass is 35.5. The summed E-state index contributed by atoms with van der Waals surface area (Å²) in [4.78, 5) is 25.3. The first-order chi connectivity index (χ1) is 12.3. The maximum Gasteiger partial charge on any atom is 0.253 e. The lowest BCUT2D eigenvalue weighted by molar-refractivity contribution is -0.872. The van der Waals surface area contributed by atoms with E-state index >= 15 is 0 Å². The molecule has 0 aliphatic rings. The van der Waals surface area contributed by atoms with Crippen molar-refractivity contribution >= 4 is 35.0 Å². The molecule has 5 nitrogen and oxygen atoms in total. The third-order valence-electron chi connectivity index (χ3n) is 3.66. The number of amides is 2. The second kappa shape index (κ2) is 9.57. The normalized spacial score (nSPS) is 10.7. The van der Waals surface area contributed by atoms with Crippen molar-refractivity contribution in [2.24, 2.45) is 0 Å². The van der Waals surface area contributed by atoms with Gasteiger partial charge in [0.1, 0.15) is 6.54 Å². The van der Waals surface area contributed by atoms with Crippen LogP contribution in [0.25, 0.3) is 0 Å². The van der Waals surface area contributed by atoms with Crippen LogP contribution in [0.3, 0.4) is 0 Å². The van der Waals surface area contributed by atoms with E-state index < -0.39 is 5.91 Å². The van der Waals surface area contributed by atoms with E-state index in [1.165, 1.54) is 22.6 Å². The van der Waals surface area contributed by atoms with Crippen molar-refractivity contribution in [1.82, 2.24) is 10.6 Å². The lowest BCUT2D eigenvalue weighted by Crippen LogP contribution is -3.04. The molecule has 0 unspecified atom stereocenters. The number of nitrogens with one attached hydrogen (secondary N) is 3. The molecule has 0 saturated heterocycles. The highest BCUT2D eigenvalue weighted by Crippen LogP contribution is 2.20. The number of halogens is 2. The van der Waals surface area contributed by atoms with Gasteiger partial charge in [-0.2, -0.15) is 0 Å². The molecule has 3 N–H and O–H groups in total. The number of hydrogen-bond acceptors (Lipinski definition) is 2. The quantitative estimate of drug-likeness (QED) is 0.668. The highest BCUT2D eigenvalue weighted by molar-refractivity contribution is 6.36. The Balaban J connectivity index is 1.79. The van der Waals surface area contributed by atoms with E-state index in [1.807, 2.05) is 12.1 Å². The van der Waals surface area contributed by atoms with Crippen molar-refractivity contribution in [3.8, 4) is 0 Å². The minimum Gasteiger partial charge on any atom is -0.350 e. The van der Waals surface area contributed by atoms with Crippen LogP contribution in [0.15, 0.2) is 42.5 Å². The Labute approximate surface area is 163 Å². The summed E-state index contributed by atoms with van der Waals surface area (Å²) in [6.07, 6.45) is 0. The van der Waals surface area contributed by atoms with Gasteiger partial charge < -0.3 is 15.5 Å². The van der Waals surface area contributed by atoms with E-state index in [0.717, 1.165) is 12.1 Å². The topological polar surface area (TPSA) is 62.6 Å². The molecule has 0 saturated carbocycles. The Morgan fingerprint density at radius 1 is 0.962 bits per heavy atom. The maximum absolute atomic E-state index is 12.1. The molecule has 0 radical (unpaired) electrons. The van der Waals surface area contributed by atoms with Gasteiger partial charge in [-0.05, 0) is 23.8 Å². The first-order valence-electron chi connectivity index (χ1n) is 8.22. The van der Waals surface area contributed by atoms with Crippen molar-refractivity contribution < 1.29 is 14.5 Å². The summed E-state index contributed by atoms with van der Waals surface area (Å²) < 4.78 is 0. The standard InChI is InChI=1S/C19H21Cl2N3O2/c1-24(2)12-14-5-3-13(4-6-14)10-22-18(25)11-23-19(26)16-8-7-15(20)9-17(16)21/h3-9H,10-12H2,1-2H3,(H,22,25)(H,23,26)/p+1. The van der Waals surface area contributed by atoms with Crippen LogP contribution in [0.4, 0.5) is 0 Å². The van der Waals surface area contributed by atoms with Crippen molar-refractivity contribution in [3.63, 3.8) is 0 Å². The molecule has 0 bridgehead atoms. The summed E-state index contributed by atoms with van der Waals surface area (Å²) in [6.45, 7) is 1.23. The summed E-state index contributed by atoms with van der Waals surface area (Å²) >= 11 is 11.8. The maximum atomic E-state index is 12.1. The van der Waals surface area contributed by atoms with Gasteiger partial charge in [-0.1, -0.05) is 47.5 Å². The summed E-state index contributed by atoms with van der Waals surface area (Å²) in [6, 6.07) is 12.7. The summed E-state index contributed by atoms with van der Waals surface area (Å²) in [5, 5.41) is 6.01. The molecule has 7 heteroatoms. The molecule has 0 spiro atoms. The van der Waals surface area contributed by atoms with Crippen LogP contribution >= 0.6 is 23.2 Å². The fraction of sp³-hybridized carbons (Fsp3) is 0.263. The lowest BCUT2D eigenvalue weighted by Gasteiger charge is -2.10. The first kappa shape index (κ1) is 20.2. The summed E-state index contributed by atoms with van der Waals surface area (Å²) in [5.41, 5.74) is 2.53. The van der Waals surface area contributed by atoms with E-state index in [4.69, 9.17) is 23.2 Å². The largest absolute Gasteiger partial charge is 0.350 e. The van der Waals surface area contributed by atoms with Gasteiger partial charge in [-0.25, -0.2) is 0 Å². The monoisotopic (exact) mass is 394 g/mol. The van der Waals surface area contributed by atoms with Crippen molar-refractivity contribution in [2.45, 2.75) is 13.1 Å². The molecule has 0 aliphatic carbocycles. The van der Waals surface area contributed by atoms with E-state index in [2.05, 4.69) is 36.9 Å². The van der Waals surface area contributed by atoms with Crippen molar-refractivity contribution in [3.05, 3.63) is 69.2 Å². The minimum absolute atomic E-state index is 0.125. The number of quaternary nitrogens is 1. The van der Waals surface area contributed by atoms with Crippen LogP contribution in [0, 0.1) is 0 Å². The Bertz CT molecular complexity index is 777. The Morgan fingerprint density at radius 2 is 1.62 bits per heavy atom. The molecule has 138 valence electrons. The van der Waals surface area contributed by atoms with Crippen LogP contribution in [-0.2, 0) is 17.9 Å². The molecule has 2 aromatic carbocycles. The van der Waals surface area contributed by atoms with Gasteiger partial charge in [0.15, 0.2) is 0 Å². The number of carbonyl (C=O) groups excluding carboxylic acids is 2. The molecular formula is C19H22Cl2N3O2+. The molecular weight excluding hydrogens is 373 g/mol. The second-order valence-corrected chi connectivity index (χ2v) is 7.13. The van der Waals surface area contributed by atoms with E-state index in [0.29, 0.717) is 11.6 Å². The zero-order chi connectivity index (χ0) is 19.1. The van der Waals surface area contributed by atoms with Gasteiger partial charge in [-0.3, -0.25) is 9.59 Å². The third-order valence-corrected chi connectivity index (χ3v) is 4.20. The Hall–Kier alpha value is -2.08. The SMILES string of the molecule is C[NH+](C)Cc1ccc(CNC(=O)CNC(=O)c2ccc(Cl)cc2Cl)cc1. The van der Waals surface area contributed by atoms with Crippen molar-refractivity contribution in [1.29, 1.82) is 0 Å². The molecule has 2 amide bonds. The molecule has 0 aromatic heterocycles. The van der Waals surface area contributed by atoms with E-state index in [1.54, 1.807) is 6.07 Å². The predicted molar refractivity (Wildman–Crippen MR) is 104 cm³/mol. The van der Waals surface area contributed by atoms with E-state index in [-0.39, 0.29) is 23.0 Å². The second-order valence-electron chi connectivity index (χ2n) is 6.28. The van der Waals surface area contributed by atoms with Gasteiger partial charge >= 0.3 is 0 Å². The molecule has 0 heterocycles. The zero-order valence-electron chi connectivity index (χ0n) is 14.7. The Kier molecular flexibility index (Phi) is 7.45. The average Bonchev–Trinajstić information content (AvgIpc) is 2.58. The van der Waals surface area contributed by atoms with E-state index in [9.17, 15) is 9.59 Å². The predicted octanol–water partition coefficient (Wildman–Crippen LogP) is 1.68. The van der Waals surface area contributed by atoms with Crippen molar-refractivity contribution in [2.75, 3.05) is 20.6 Å². The van der Waals surface area contributed by atoms with Gasteiger partial charge in [0.25, 0.3) is 5.91 Å². The zero-order valence-corrected chi connectivity index (χ0v) is 16.2. The molecule has 0 aliphatic heterocycles. The van der Waals surface area contributed by atoms with Crippen LogP contribution in [0.1, 0.15) is 21.5 Å². The highest BCUT2D eigenvalue weighted by Gasteiger charge is 2.12. The van der Waals surface area contributed by atoms with Crippen LogP contribution in [0.5, 0.6) is 0 Å². The summed E-state index contributed by atoms with van der Waals surface area (Å²) in [7, 11) is 4.19. The first-order valence-corrected chi connectivity index (χ1v) is 8.97. The smallest absolute Gasteiger partial charge is 0.253 e. The van der Waals surface area contributed by atoms with Gasteiger partial charge in [0.2, 0.25) is 5.91 Å². The van der Waals surface area contributed by atoms with Crippen LogP contribution in [-0.4, -0.2) is 32.5 Å². The minimum atomic E-state index is -0.419. The number of hydrogen-bond donors (Lipinski definition) is 3. The number of carbonyl (C=O) groups is 2. The van der Waals surface area contributed by atoms with Gasteiger partial charge in [-0.15, -0.1) is 0 Å². The Morgan fingerprint density at radius 3 is 2.23 bits per heavy atom. The molecule has 26 heavy (non-hydrogen) atoms. The average molecular weight is 395 g/mol. The molecule has 0 fully saturated rings. The number of rotatable bonds is 7. The molecule has 2 aromatic rings. The lowest BCUT2D eigenvalue weighted by atomic mass is 10.1. The fourth-order valence-electron chi connectivity index (χ4n) is 2.38. The van der Waals surface area contributed by atoms with Gasteiger partial charge in [0.05, 0.1) is 31.2 Å². The summed E-state index contributed by atoms with van der Waals surface area (Å²) in [5.74, 6) is -0.692. The molecule has 0 atom stereocenters. The van der Waals surface area contributed by atoms with Crippen LogP contribution < -0.4 is 15.5 Å². The number of benzene rings is 2. The molecule has 2 rings (SSSR count). The third kappa shape index (κ3) is 6.33. The van der Waals surface area contributed by atoms with Gasteiger partial charge in [0, 0.05) is 17.1 Å².